The molecule has 0 spiro atoms. The minimum Gasteiger partial charge on any atom is -0.494 e. The van der Waals surface area contributed by atoms with Crippen LogP contribution in [0.3, 0.4) is 0 Å². The average molecular weight is 322 g/mol. The van der Waals surface area contributed by atoms with Gasteiger partial charge in [-0.25, -0.2) is 0 Å². The predicted octanol–water partition coefficient (Wildman–Crippen LogP) is 3.64. The smallest absolute Gasteiger partial charge is 0.234 e. The second-order valence-corrected chi connectivity index (χ2v) is 5.46. The van der Waals surface area contributed by atoms with E-state index in [0.29, 0.717) is 13.2 Å². The number of rotatable bonds is 10. The molecule has 0 heterocycles. The fourth-order valence-electron chi connectivity index (χ4n) is 2.04. The zero-order valence-electron chi connectivity index (χ0n) is 15.5. The van der Waals surface area contributed by atoms with Crippen LogP contribution in [0.15, 0.2) is 24.3 Å². The number of carbonyl (C=O) groups is 1. The van der Waals surface area contributed by atoms with Gasteiger partial charge in [-0.05, 0) is 51.9 Å². The predicted molar refractivity (Wildman–Crippen MR) is 98.1 cm³/mol. The van der Waals surface area contributed by atoms with Crippen LogP contribution in [0.2, 0.25) is 0 Å². The third-order valence-corrected chi connectivity index (χ3v) is 3.20. The molecule has 0 bridgehead atoms. The van der Waals surface area contributed by atoms with E-state index in [1.807, 2.05) is 50.1 Å². The number of hydrogen-bond acceptors (Lipinski definition) is 3. The summed E-state index contributed by atoms with van der Waals surface area (Å²) in [5.41, 5.74) is 1.23. The number of amides is 1. The molecule has 1 rings (SSSR count). The van der Waals surface area contributed by atoms with Crippen LogP contribution in [0.4, 0.5) is 0 Å². The highest BCUT2D eigenvalue weighted by molar-refractivity contribution is 5.77. The number of benzene rings is 1. The summed E-state index contributed by atoms with van der Waals surface area (Å²) in [6.45, 7) is 11.0. The van der Waals surface area contributed by atoms with Crippen molar-refractivity contribution in [3.05, 3.63) is 29.8 Å². The second-order valence-electron chi connectivity index (χ2n) is 5.46. The summed E-state index contributed by atoms with van der Waals surface area (Å²) < 4.78 is 5.64. The summed E-state index contributed by atoms with van der Waals surface area (Å²) >= 11 is 0. The zero-order chi connectivity index (χ0) is 17.5. The summed E-state index contributed by atoms with van der Waals surface area (Å²) in [7, 11) is 1.97. The van der Waals surface area contributed by atoms with Crippen molar-refractivity contribution in [2.75, 3.05) is 33.3 Å². The van der Waals surface area contributed by atoms with Crippen LogP contribution in [-0.4, -0.2) is 44.1 Å². The first-order valence-corrected chi connectivity index (χ1v) is 8.76. The molecule has 0 aromatic heterocycles. The molecule has 0 fully saturated rings. The van der Waals surface area contributed by atoms with Crippen LogP contribution in [0.25, 0.3) is 0 Å². The van der Waals surface area contributed by atoms with E-state index in [4.69, 9.17) is 4.74 Å². The number of nitrogens with zero attached hydrogens (tertiary/aromatic N) is 1. The van der Waals surface area contributed by atoms with E-state index in [0.717, 1.165) is 38.1 Å². The number of unbranched alkanes of at least 4 members (excludes halogenated alkanes) is 1. The summed E-state index contributed by atoms with van der Waals surface area (Å²) in [5.74, 6) is 1.01. The van der Waals surface area contributed by atoms with Gasteiger partial charge in [0.25, 0.3) is 0 Å². The molecule has 0 saturated carbocycles. The molecule has 23 heavy (non-hydrogen) atoms. The lowest BCUT2D eigenvalue weighted by Gasteiger charge is -2.14. The standard InChI is InChI=1S/C17H28N2O2.C2H6/c1-4-12-19(3)14-17(20)18-11-5-6-13-21-16-9-7-15(2)8-10-16;1-2/h7-10H,4-6,11-14H2,1-3H3,(H,18,20);1-2H3. The van der Waals surface area contributed by atoms with Gasteiger partial charge in [0.1, 0.15) is 5.75 Å². The van der Waals surface area contributed by atoms with Crippen LogP contribution < -0.4 is 10.1 Å². The van der Waals surface area contributed by atoms with Gasteiger partial charge < -0.3 is 10.1 Å². The molecule has 1 amide bonds. The minimum atomic E-state index is 0.102. The van der Waals surface area contributed by atoms with Crippen LogP contribution >= 0.6 is 0 Å². The van der Waals surface area contributed by atoms with E-state index in [1.54, 1.807) is 0 Å². The van der Waals surface area contributed by atoms with Crippen molar-refractivity contribution in [3.8, 4) is 5.75 Å². The fourth-order valence-corrected chi connectivity index (χ4v) is 2.04. The average Bonchev–Trinajstić information content (AvgIpc) is 2.54. The van der Waals surface area contributed by atoms with Gasteiger partial charge in [0.2, 0.25) is 5.91 Å². The summed E-state index contributed by atoms with van der Waals surface area (Å²) in [6.07, 6.45) is 2.95. The Hall–Kier alpha value is -1.55. The van der Waals surface area contributed by atoms with E-state index in [2.05, 4.69) is 19.2 Å². The van der Waals surface area contributed by atoms with E-state index < -0.39 is 0 Å². The third kappa shape index (κ3) is 11.6. The number of aryl methyl sites for hydroxylation is 1. The van der Waals surface area contributed by atoms with Gasteiger partial charge in [-0.2, -0.15) is 0 Å². The van der Waals surface area contributed by atoms with Crippen molar-refractivity contribution < 1.29 is 9.53 Å². The second kappa shape index (κ2) is 14.1. The highest BCUT2D eigenvalue weighted by atomic mass is 16.5. The lowest BCUT2D eigenvalue weighted by atomic mass is 10.2. The summed E-state index contributed by atoms with van der Waals surface area (Å²) in [4.78, 5) is 13.7. The molecule has 0 radical (unpaired) electrons. The highest BCUT2D eigenvalue weighted by Gasteiger charge is 2.04. The van der Waals surface area contributed by atoms with Crippen molar-refractivity contribution in [2.45, 2.75) is 47.0 Å². The third-order valence-electron chi connectivity index (χ3n) is 3.20. The van der Waals surface area contributed by atoms with E-state index in [9.17, 15) is 4.79 Å². The monoisotopic (exact) mass is 322 g/mol. The molecule has 132 valence electrons. The van der Waals surface area contributed by atoms with Crippen molar-refractivity contribution in [3.63, 3.8) is 0 Å². The first-order chi connectivity index (χ1) is 11.1. The maximum absolute atomic E-state index is 11.6. The van der Waals surface area contributed by atoms with Crippen LogP contribution in [-0.2, 0) is 4.79 Å². The summed E-state index contributed by atoms with van der Waals surface area (Å²) in [5, 5.41) is 2.94. The molecule has 1 N–H and O–H groups in total. The lowest BCUT2D eigenvalue weighted by molar-refractivity contribution is -0.121. The molecule has 0 atom stereocenters. The van der Waals surface area contributed by atoms with E-state index >= 15 is 0 Å². The van der Waals surface area contributed by atoms with Crippen molar-refractivity contribution in [2.24, 2.45) is 0 Å². The Morgan fingerprint density at radius 1 is 1.17 bits per heavy atom. The van der Waals surface area contributed by atoms with Crippen molar-refractivity contribution >= 4 is 5.91 Å². The molecule has 1 aromatic carbocycles. The first kappa shape index (κ1) is 21.4. The van der Waals surface area contributed by atoms with Gasteiger partial charge in [-0.15, -0.1) is 0 Å². The van der Waals surface area contributed by atoms with Gasteiger partial charge in [-0.1, -0.05) is 38.5 Å². The zero-order valence-corrected chi connectivity index (χ0v) is 15.5. The molecular weight excluding hydrogens is 288 g/mol. The maximum Gasteiger partial charge on any atom is 0.234 e. The number of likely N-dealkylation sites (N-methyl/N-ethyl adjacent to an activating group) is 1. The Kier molecular flexibility index (Phi) is 13.1. The van der Waals surface area contributed by atoms with Crippen LogP contribution in [0.5, 0.6) is 5.75 Å². The van der Waals surface area contributed by atoms with E-state index in [-0.39, 0.29) is 5.91 Å². The fraction of sp³-hybridized carbons (Fsp3) is 0.632. The Balaban J connectivity index is 0.00000232. The Bertz CT molecular complexity index is 404. The van der Waals surface area contributed by atoms with Crippen molar-refractivity contribution in [1.82, 2.24) is 10.2 Å². The molecular formula is C19H34N2O2. The van der Waals surface area contributed by atoms with Gasteiger partial charge in [0.15, 0.2) is 0 Å². The first-order valence-electron chi connectivity index (χ1n) is 8.76. The number of carbonyl (C=O) groups excluding carboxylic acids is 1. The Morgan fingerprint density at radius 2 is 1.83 bits per heavy atom. The number of ether oxygens (including phenoxy) is 1. The largest absolute Gasteiger partial charge is 0.494 e. The number of nitrogens with one attached hydrogen (secondary N) is 1. The van der Waals surface area contributed by atoms with E-state index in [1.165, 1.54) is 5.56 Å². The minimum absolute atomic E-state index is 0.102. The molecule has 0 unspecified atom stereocenters. The Labute approximate surface area is 142 Å². The molecule has 0 aliphatic rings. The quantitative estimate of drug-likeness (QED) is 0.669. The molecule has 4 nitrogen and oxygen atoms in total. The molecule has 1 aromatic rings. The Morgan fingerprint density at radius 3 is 2.43 bits per heavy atom. The van der Waals surface area contributed by atoms with Gasteiger partial charge >= 0.3 is 0 Å². The van der Waals surface area contributed by atoms with Crippen LogP contribution in [0, 0.1) is 6.92 Å². The van der Waals surface area contributed by atoms with Gasteiger partial charge in [0, 0.05) is 6.54 Å². The normalized spacial score (nSPS) is 10.0. The molecule has 0 saturated heterocycles. The SMILES string of the molecule is CC.CCCN(C)CC(=O)NCCCCOc1ccc(C)cc1. The molecule has 0 aliphatic heterocycles. The molecule has 4 heteroatoms. The highest BCUT2D eigenvalue weighted by Crippen LogP contribution is 2.11. The maximum atomic E-state index is 11.6. The topological polar surface area (TPSA) is 41.6 Å². The van der Waals surface area contributed by atoms with Gasteiger partial charge in [-0.3, -0.25) is 9.69 Å². The van der Waals surface area contributed by atoms with Crippen LogP contribution in [0.1, 0.15) is 45.6 Å². The van der Waals surface area contributed by atoms with Gasteiger partial charge in [0.05, 0.1) is 13.2 Å². The summed E-state index contributed by atoms with van der Waals surface area (Å²) in [6, 6.07) is 8.06. The molecule has 0 aliphatic carbocycles. The van der Waals surface area contributed by atoms with Crippen molar-refractivity contribution in [1.29, 1.82) is 0 Å². The lowest BCUT2D eigenvalue weighted by Crippen LogP contribution is -2.35. The number of hydrogen-bond donors (Lipinski definition) is 1.